The second kappa shape index (κ2) is 5.80. The van der Waals surface area contributed by atoms with Crippen LogP contribution in [0.1, 0.15) is 24.0 Å². The third-order valence-corrected chi connectivity index (χ3v) is 4.45. The molecule has 1 aromatic heterocycles. The fourth-order valence-corrected chi connectivity index (χ4v) is 3.00. The molecule has 1 saturated heterocycles. The van der Waals surface area contributed by atoms with Crippen LogP contribution < -0.4 is 5.32 Å². The van der Waals surface area contributed by atoms with Crippen molar-refractivity contribution in [1.29, 1.82) is 0 Å². The van der Waals surface area contributed by atoms with Crippen molar-refractivity contribution in [2.75, 3.05) is 13.1 Å². The summed E-state index contributed by atoms with van der Waals surface area (Å²) >= 11 is 0. The highest BCUT2D eigenvalue weighted by Crippen LogP contribution is 2.25. The molecule has 106 valence electrons. The molecule has 0 atom stereocenters. The summed E-state index contributed by atoms with van der Waals surface area (Å²) in [6.45, 7) is 7.70. The Labute approximate surface area is 121 Å². The quantitative estimate of drug-likeness (QED) is 0.927. The molecular weight excluding hydrogens is 246 g/mol. The van der Waals surface area contributed by atoms with Gasteiger partial charge in [0.2, 0.25) is 0 Å². The lowest BCUT2D eigenvalue weighted by atomic mass is 9.98. The molecule has 0 spiro atoms. The fourth-order valence-electron chi connectivity index (χ4n) is 3.00. The highest BCUT2D eigenvalue weighted by molar-refractivity contribution is 5.67. The van der Waals surface area contributed by atoms with Crippen molar-refractivity contribution < 1.29 is 0 Å². The van der Waals surface area contributed by atoms with Crippen LogP contribution in [-0.4, -0.2) is 22.9 Å². The Morgan fingerprint density at radius 1 is 1.25 bits per heavy atom. The maximum Gasteiger partial charge on any atom is 0.0568 e. The van der Waals surface area contributed by atoms with Crippen LogP contribution in [0.2, 0.25) is 0 Å². The molecule has 2 heterocycles. The Morgan fingerprint density at radius 3 is 2.85 bits per heavy atom. The maximum absolute atomic E-state index is 4.55. The number of aromatic nitrogens is 2. The van der Waals surface area contributed by atoms with Gasteiger partial charge in [-0.3, -0.25) is 4.68 Å². The Kier molecular flexibility index (Phi) is 3.88. The van der Waals surface area contributed by atoms with Crippen molar-refractivity contribution in [1.82, 2.24) is 15.1 Å². The molecule has 3 rings (SSSR count). The lowest BCUT2D eigenvalue weighted by molar-refractivity contribution is 0.321. The van der Waals surface area contributed by atoms with Gasteiger partial charge in [0.15, 0.2) is 0 Å². The van der Waals surface area contributed by atoms with Crippen LogP contribution in [0.5, 0.6) is 0 Å². The highest BCUT2D eigenvalue weighted by atomic mass is 15.3. The summed E-state index contributed by atoms with van der Waals surface area (Å²) < 4.78 is 2.12. The number of aryl methyl sites for hydroxylation is 1. The second-order valence-corrected chi connectivity index (χ2v) is 5.89. The standard InChI is InChI=1S/C17H23N3/c1-13-4-3-5-17(14(13)2)16-10-19-20(12-16)11-15-6-8-18-9-7-15/h3-5,10,12,15,18H,6-9,11H2,1-2H3. The third-order valence-electron chi connectivity index (χ3n) is 4.45. The lowest BCUT2D eigenvalue weighted by Gasteiger charge is -2.22. The van der Waals surface area contributed by atoms with E-state index in [2.05, 4.69) is 53.3 Å². The van der Waals surface area contributed by atoms with Gasteiger partial charge < -0.3 is 5.32 Å². The molecule has 0 bridgehead atoms. The minimum Gasteiger partial charge on any atom is -0.317 e. The van der Waals surface area contributed by atoms with Crippen molar-refractivity contribution in [3.8, 4) is 11.1 Å². The molecular formula is C17H23N3. The van der Waals surface area contributed by atoms with Gasteiger partial charge in [-0.15, -0.1) is 0 Å². The number of hydrogen-bond donors (Lipinski definition) is 1. The van der Waals surface area contributed by atoms with Gasteiger partial charge in [0.25, 0.3) is 0 Å². The number of nitrogens with zero attached hydrogens (tertiary/aromatic N) is 2. The smallest absolute Gasteiger partial charge is 0.0568 e. The normalized spacial score (nSPS) is 16.5. The Balaban J connectivity index is 1.77. The molecule has 1 aliphatic heterocycles. The molecule has 0 amide bonds. The van der Waals surface area contributed by atoms with Gasteiger partial charge in [0.1, 0.15) is 0 Å². The first kappa shape index (κ1) is 13.4. The predicted octanol–water partition coefficient (Wildman–Crippen LogP) is 3.17. The molecule has 0 unspecified atom stereocenters. The summed E-state index contributed by atoms with van der Waals surface area (Å²) in [5.74, 6) is 0.766. The number of hydrogen-bond acceptors (Lipinski definition) is 2. The molecule has 20 heavy (non-hydrogen) atoms. The van der Waals surface area contributed by atoms with Crippen molar-refractivity contribution in [3.63, 3.8) is 0 Å². The van der Waals surface area contributed by atoms with Gasteiger partial charge in [0.05, 0.1) is 6.20 Å². The van der Waals surface area contributed by atoms with Gasteiger partial charge >= 0.3 is 0 Å². The zero-order valence-electron chi connectivity index (χ0n) is 12.4. The topological polar surface area (TPSA) is 29.9 Å². The van der Waals surface area contributed by atoms with Crippen LogP contribution in [0, 0.1) is 19.8 Å². The Morgan fingerprint density at radius 2 is 2.05 bits per heavy atom. The van der Waals surface area contributed by atoms with Gasteiger partial charge in [0, 0.05) is 18.3 Å². The molecule has 3 heteroatoms. The minimum absolute atomic E-state index is 0.766. The van der Waals surface area contributed by atoms with E-state index in [1.165, 1.54) is 35.1 Å². The second-order valence-electron chi connectivity index (χ2n) is 5.89. The van der Waals surface area contributed by atoms with E-state index in [-0.39, 0.29) is 0 Å². The highest BCUT2D eigenvalue weighted by Gasteiger charge is 2.14. The Bertz CT molecular complexity index is 580. The molecule has 1 N–H and O–H groups in total. The third kappa shape index (κ3) is 2.78. The number of benzene rings is 1. The van der Waals surface area contributed by atoms with Crippen LogP contribution in [-0.2, 0) is 6.54 Å². The van der Waals surface area contributed by atoms with Gasteiger partial charge in [-0.05, 0) is 62.4 Å². The predicted molar refractivity (Wildman–Crippen MR) is 82.7 cm³/mol. The maximum atomic E-state index is 4.55. The van der Waals surface area contributed by atoms with E-state index in [4.69, 9.17) is 0 Å². The molecule has 1 fully saturated rings. The number of rotatable bonds is 3. The first-order valence-corrected chi connectivity index (χ1v) is 7.54. The van der Waals surface area contributed by atoms with Crippen LogP contribution in [0.4, 0.5) is 0 Å². The summed E-state index contributed by atoms with van der Waals surface area (Å²) in [6, 6.07) is 6.48. The summed E-state index contributed by atoms with van der Waals surface area (Å²) in [4.78, 5) is 0. The van der Waals surface area contributed by atoms with E-state index in [0.717, 1.165) is 25.6 Å². The zero-order chi connectivity index (χ0) is 13.9. The van der Waals surface area contributed by atoms with Crippen LogP contribution in [0.3, 0.4) is 0 Å². The fraction of sp³-hybridized carbons (Fsp3) is 0.471. The molecule has 0 aliphatic carbocycles. The first-order valence-electron chi connectivity index (χ1n) is 7.54. The first-order chi connectivity index (χ1) is 9.74. The average Bonchev–Trinajstić information content (AvgIpc) is 2.91. The van der Waals surface area contributed by atoms with E-state index in [0.29, 0.717) is 0 Å². The van der Waals surface area contributed by atoms with E-state index >= 15 is 0 Å². The minimum atomic E-state index is 0.766. The van der Waals surface area contributed by atoms with E-state index in [1.807, 2.05) is 6.20 Å². The molecule has 3 nitrogen and oxygen atoms in total. The van der Waals surface area contributed by atoms with Crippen molar-refractivity contribution in [2.24, 2.45) is 5.92 Å². The average molecular weight is 269 g/mol. The lowest BCUT2D eigenvalue weighted by Crippen LogP contribution is -2.29. The summed E-state index contributed by atoms with van der Waals surface area (Å²) in [6.07, 6.45) is 6.73. The number of nitrogens with one attached hydrogen (secondary N) is 1. The molecule has 1 aliphatic rings. The molecule has 0 radical (unpaired) electrons. The molecule has 0 saturated carbocycles. The van der Waals surface area contributed by atoms with E-state index in [9.17, 15) is 0 Å². The number of piperidine rings is 1. The monoisotopic (exact) mass is 269 g/mol. The van der Waals surface area contributed by atoms with E-state index < -0.39 is 0 Å². The van der Waals surface area contributed by atoms with Crippen LogP contribution in [0.25, 0.3) is 11.1 Å². The molecule has 1 aromatic carbocycles. The van der Waals surface area contributed by atoms with Gasteiger partial charge in [-0.25, -0.2) is 0 Å². The van der Waals surface area contributed by atoms with Crippen molar-refractivity contribution in [3.05, 3.63) is 41.7 Å². The summed E-state index contributed by atoms with van der Waals surface area (Å²) in [5, 5.41) is 7.97. The van der Waals surface area contributed by atoms with Crippen molar-refractivity contribution in [2.45, 2.75) is 33.2 Å². The largest absolute Gasteiger partial charge is 0.317 e. The van der Waals surface area contributed by atoms with Crippen LogP contribution in [0.15, 0.2) is 30.6 Å². The van der Waals surface area contributed by atoms with Crippen LogP contribution >= 0.6 is 0 Å². The van der Waals surface area contributed by atoms with Crippen molar-refractivity contribution >= 4 is 0 Å². The van der Waals surface area contributed by atoms with E-state index in [1.54, 1.807) is 0 Å². The summed E-state index contributed by atoms with van der Waals surface area (Å²) in [7, 11) is 0. The van der Waals surface area contributed by atoms with Gasteiger partial charge in [-0.2, -0.15) is 5.10 Å². The Hall–Kier alpha value is -1.61. The SMILES string of the molecule is Cc1cccc(-c2cnn(CC3CCNCC3)c2)c1C. The van der Waals surface area contributed by atoms with Gasteiger partial charge in [-0.1, -0.05) is 18.2 Å². The zero-order valence-corrected chi connectivity index (χ0v) is 12.4. The molecule has 2 aromatic rings. The summed E-state index contributed by atoms with van der Waals surface area (Å²) in [5.41, 5.74) is 5.24.